The molecule has 0 aromatic rings. The molecule has 0 amide bonds. The standard InChI is InChI=1S/C16H18F16O7S/c1-7(2)10(35-5-8(3)17,39-40(4,33)34)36-6-9(18,19)37-15(29,30)16(31,32)38-14(27,28)12(22,23)11(20,21)13(24,25)26/h7-8H,5-6H2,1-4H3/t8-,10-/m1/s1. The zero-order valence-electron chi connectivity index (χ0n) is 19.9. The third kappa shape index (κ3) is 9.06. The van der Waals surface area contributed by atoms with Crippen LogP contribution in [-0.4, -0.2) is 82.5 Å². The molecule has 0 aliphatic rings. The lowest BCUT2D eigenvalue weighted by Crippen LogP contribution is -2.64. The molecule has 2 atom stereocenters. The van der Waals surface area contributed by atoms with Crippen LogP contribution in [0.1, 0.15) is 20.8 Å². The highest BCUT2D eigenvalue weighted by molar-refractivity contribution is 7.86. The minimum atomic E-state index is -8.02. The van der Waals surface area contributed by atoms with Crippen molar-refractivity contribution in [2.45, 2.75) is 75.4 Å². The van der Waals surface area contributed by atoms with Crippen molar-refractivity contribution in [2.24, 2.45) is 5.92 Å². The van der Waals surface area contributed by atoms with E-state index < -0.39 is 83.9 Å². The second-order valence-corrected chi connectivity index (χ2v) is 9.54. The lowest BCUT2D eigenvalue weighted by Gasteiger charge is -2.38. The fraction of sp³-hybridized carbons (Fsp3) is 1.00. The predicted molar refractivity (Wildman–Crippen MR) is 93.9 cm³/mol. The van der Waals surface area contributed by atoms with Gasteiger partial charge in [-0.1, -0.05) is 13.8 Å². The SMILES string of the molecule is CC(C)[C@@](OC[C@@H](C)F)(OCC(F)(F)OC(F)(F)C(F)(F)OC(F)(F)C(F)(F)C(F)(F)C(F)(F)F)OS(C)(=O)=O. The number of halogens is 16. The van der Waals surface area contributed by atoms with Gasteiger partial charge in [0.25, 0.3) is 10.1 Å². The molecule has 0 spiro atoms. The average molecular weight is 658 g/mol. The Kier molecular flexibility index (Phi) is 11.3. The van der Waals surface area contributed by atoms with Crippen LogP contribution < -0.4 is 0 Å². The highest BCUT2D eigenvalue weighted by Gasteiger charge is 2.85. The molecule has 0 rings (SSSR count). The first kappa shape index (κ1) is 38.6. The van der Waals surface area contributed by atoms with Crippen molar-refractivity contribution in [1.82, 2.24) is 0 Å². The Balaban J connectivity index is 6.11. The van der Waals surface area contributed by atoms with Gasteiger partial charge >= 0.3 is 48.4 Å². The molecular weight excluding hydrogens is 640 g/mol. The number of ether oxygens (including phenoxy) is 4. The molecule has 0 unspecified atom stereocenters. The maximum absolute atomic E-state index is 13.9. The molecule has 0 aromatic carbocycles. The Bertz CT molecular complexity index is 951. The minimum absolute atomic E-state index is 0.245. The third-order valence-corrected chi connectivity index (χ3v) is 4.45. The van der Waals surface area contributed by atoms with Gasteiger partial charge in [-0.2, -0.15) is 74.3 Å². The van der Waals surface area contributed by atoms with Crippen LogP contribution >= 0.6 is 0 Å². The fourth-order valence-corrected chi connectivity index (χ4v) is 2.78. The maximum atomic E-state index is 13.9. The summed E-state index contributed by atoms with van der Waals surface area (Å²) >= 11 is 0. The van der Waals surface area contributed by atoms with E-state index in [1.807, 2.05) is 0 Å². The Morgan fingerprint density at radius 2 is 1.07 bits per heavy atom. The fourth-order valence-electron chi connectivity index (χ4n) is 2.07. The summed E-state index contributed by atoms with van der Waals surface area (Å²) in [4.78, 5) is 0. The monoisotopic (exact) mass is 658 g/mol. The molecular formula is C16H18F16O7S. The highest BCUT2D eigenvalue weighted by Crippen LogP contribution is 2.56. The average Bonchev–Trinajstić information content (AvgIpc) is 2.66. The molecule has 0 aliphatic heterocycles. The largest absolute Gasteiger partial charge is 0.460 e. The Hall–Kier alpha value is -1.37. The first-order valence-corrected chi connectivity index (χ1v) is 11.6. The summed E-state index contributed by atoms with van der Waals surface area (Å²) in [7, 11) is -4.80. The van der Waals surface area contributed by atoms with Crippen molar-refractivity contribution < 1.29 is 102 Å². The van der Waals surface area contributed by atoms with Crippen molar-refractivity contribution >= 4 is 10.1 Å². The van der Waals surface area contributed by atoms with Crippen LogP contribution in [-0.2, 0) is 33.2 Å². The second-order valence-electron chi connectivity index (χ2n) is 7.96. The molecule has 0 saturated heterocycles. The first-order valence-electron chi connectivity index (χ1n) is 9.75. The maximum Gasteiger partial charge on any atom is 0.460 e. The van der Waals surface area contributed by atoms with E-state index in [0.717, 1.165) is 20.8 Å². The lowest BCUT2D eigenvalue weighted by molar-refractivity contribution is -0.545. The van der Waals surface area contributed by atoms with Gasteiger partial charge in [0.2, 0.25) is 0 Å². The Morgan fingerprint density at radius 3 is 1.43 bits per heavy atom. The molecule has 0 saturated carbocycles. The van der Waals surface area contributed by atoms with Crippen molar-refractivity contribution in [2.75, 3.05) is 19.5 Å². The van der Waals surface area contributed by atoms with Crippen molar-refractivity contribution in [3.63, 3.8) is 0 Å². The number of hydrogen-bond acceptors (Lipinski definition) is 7. The number of rotatable bonds is 16. The Labute approximate surface area is 213 Å². The molecule has 242 valence electrons. The van der Waals surface area contributed by atoms with Crippen LogP contribution in [0.15, 0.2) is 0 Å². The molecule has 40 heavy (non-hydrogen) atoms. The van der Waals surface area contributed by atoms with Gasteiger partial charge in [-0.05, 0) is 6.92 Å². The molecule has 0 N–H and O–H groups in total. The summed E-state index contributed by atoms with van der Waals surface area (Å²) in [5.41, 5.74) is 0. The summed E-state index contributed by atoms with van der Waals surface area (Å²) in [6.07, 6.45) is -37.8. The second kappa shape index (κ2) is 11.7. The van der Waals surface area contributed by atoms with Crippen LogP contribution in [0.25, 0.3) is 0 Å². The molecule has 0 aliphatic carbocycles. The Morgan fingerprint density at radius 1 is 0.650 bits per heavy atom. The van der Waals surface area contributed by atoms with E-state index >= 15 is 0 Å². The van der Waals surface area contributed by atoms with Gasteiger partial charge in [0.1, 0.15) is 12.8 Å². The van der Waals surface area contributed by atoms with E-state index in [2.05, 4.69) is 18.4 Å². The third-order valence-electron chi connectivity index (χ3n) is 3.92. The molecule has 0 heterocycles. The van der Waals surface area contributed by atoms with Crippen LogP contribution in [0.2, 0.25) is 0 Å². The van der Waals surface area contributed by atoms with Crippen LogP contribution in [0.5, 0.6) is 0 Å². The van der Waals surface area contributed by atoms with E-state index in [4.69, 9.17) is 0 Å². The van der Waals surface area contributed by atoms with E-state index in [1.165, 1.54) is 4.74 Å². The van der Waals surface area contributed by atoms with E-state index in [-0.39, 0.29) is 6.26 Å². The highest BCUT2D eigenvalue weighted by atomic mass is 32.2. The molecule has 0 fully saturated rings. The summed E-state index contributed by atoms with van der Waals surface area (Å²) in [5, 5.41) is 0. The van der Waals surface area contributed by atoms with E-state index in [0.29, 0.717) is 0 Å². The van der Waals surface area contributed by atoms with Gasteiger partial charge in [0.05, 0.1) is 12.9 Å². The van der Waals surface area contributed by atoms with Crippen molar-refractivity contribution in [1.29, 1.82) is 0 Å². The summed E-state index contributed by atoms with van der Waals surface area (Å²) in [6, 6.07) is 0. The molecule has 0 bridgehead atoms. The summed E-state index contributed by atoms with van der Waals surface area (Å²) in [6.45, 7) is -1.53. The lowest BCUT2D eigenvalue weighted by atomic mass is 10.1. The minimum Gasteiger partial charge on any atom is -0.323 e. The van der Waals surface area contributed by atoms with Gasteiger partial charge in [-0.3, -0.25) is 0 Å². The molecule has 0 radical (unpaired) electrons. The summed E-state index contributed by atoms with van der Waals surface area (Å²) < 4.78 is 249. The zero-order chi connectivity index (χ0) is 32.6. The van der Waals surface area contributed by atoms with Gasteiger partial charge in [-0.25, -0.2) is 18.0 Å². The van der Waals surface area contributed by atoms with Gasteiger partial charge in [0, 0.05) is 5.92 Å². The van der Waals surface area contributed by atoms with Crippen LogP contribution in [0.3, 0.4) is 0 Å². The normalized spacial score (nSPS) is 17.7. The van der Waals surface area contributed by atoms with Crippen molar-refractivity contribution in [3.8, 4) is 0 Å². The molecule has 7 nitrogen and oxygen atoms in total. The van der Waals surface area contributed by atoms with Gasteiger partial charge < -0.3 is 9.47 Å². The number of alkyl halides is 16. The predicted octanol–water partition coefficient (Wildman–Crippen LogP) is 5.90. The van der Waals surface area contributed by atoms with E-state index in [9.17, 15) is 78.7 Å². The van der Waals surface area contributed by atoms with E-state index in [1.54, 1.807) is 0 Å². The smallest absolute Gasteiger partial charge is 0.323 e. The summed E-state index contributed by atoms with van der Waals surface area (Å²) in [5.74, 6) is -20.8. The van der Waals surface area contributed by atoms with Crippen molar-refractivity contribution in [3.05, 3.63) is 0 Å². The first-order chi connectivity index (χ1) is 17.2. The van der Waals surface area contributed by atoms with Gasteiger partial charge in [-0.15, -0.1) is 0 Å². The zero-order valence-corrected chi connectivity index (χ0v) is 20.7. The number of hydrogen-bond donors (Lipinski definition) is 0. The van der Waals surface area contributed by atoms with Gasteiger partial charge in [0.15, 0.2) is 0 Å². The van der Waals surface area contributed by atoms with Crippen LogP contribution in [0.4, 0.5) is 70.2 Å². The molecule has 24 heteroatoms. The van der Waals surface area contributed by atoms with Crippen LogP contribution in [0, 0.1) is 5.92 Å². The molecule has 0 aromatic heterocycles. The quantitative estimate of drug-likeness (QED) is 0.116. The topological polar surface area (TPSA) is 80.3 Å².